The van der Waals surface area contributed by atoms with E-state index in [4.69, 9.17) is 4.98 Å². The predicted octanol–water partition coefficient (Wildman–Crippen LogP) is 3.86. The molecule has 2 aromatic heterocycles. The number of thiazole rings is 1. The van der Waals surface area contributed by atoms with E-state index in [1.807, 2.05) is 18.5 Å². The lowest BCUT2D eigenvalue weighted by Crippen LogP contribution is -2.13. The van der Waals surface area contributed by atoms with Crippen molar-refractivity contribution in [2.75, 3.05) is 6.54 Å². The summed E-state index contributed by atoms with van der Waals surface area (Å²) in [4.78, 5) is 9.04. The fraction of sp³-hybridized carbons (Fsp3) is 0.250. The zero-order valence-electron chi connectivity index (χ0n) is 11.5. The van der Waals surface area contributed by atoms with E-state index in [9.17, 15) is 0 Å². The molecule has 0 radical (unpaired) electrons. The second-order valence-corrected chi connectivity index (χ2v) is 5.59. The first-order valence-corrected chi connectivity index (χ1v) is 7.74. The van der Waals surface area contributed by atoms with Crippen LogP contribution in [0.2, 0.25) is 0 Å². The molecule has 0 amide bonds. The summed E-state index contributed by atoms with van der Waals surface area (Å²) < 4.78 is 0. The standard InChI is InChI=1S/C16H17N3S/c1-2-7-17-9-13-11-20-16(19-13)15-10-18-8-12-5-3-4-6-14(12)15/h3-6,8,10-11,17H,2,7,9H2,1H3. The maximum absolute atomic E-state index is 4.72. The highest BCUT2D eigenvalue weighted by Gasteiger charge is 2.08. The summed E-state index contributed by atoms with van der Waals surface area (Å²) in [5.74, 6) is 0. The average molecular weight is 283 g/mol. The lowest BCUT2D eigenvalue weighted by atomic mass is 10.1. The molecule has 0 saturated heterocycles. The highest BCUT2D eigenvalue weighted by Crippen LogP contribution is 2.29. The Balaban J connectivity index is 1.91. The maximum atomic E-state index is 4.72. The minimum absolute atomic E-state index is 0.836. The molecule has 0 aliphatic heterocycles. The van der Waals surface area contributed by atoms with Crippen LogP contribution >= 0.6 is 11.3 Å². The summed E-state index contributed by atoms with van der Waals surface area (Å²) in [6, 6.07) is 8.31. The number of nitrogens with one attached hydrogen (secondary N) is 1. The molecule has 2 heterocycles. The van der Waals surface area contributed by atoms with Crippen molar-refractivity contribution >= 4 is 22.1 Å². The molecule has 0 spiro atoms. The second kappa shape index (κ2) is 6.11. The minimum Gasteiger partial charge on any atom is -0.311 e. The molecule has 0 atom stereocenters. The van der Waals surface area contributed by atoms with E-state index in [2.05, 4.69) is 40.8 Å². The van der Waals surface area contributed by atoms with E-state index in [1.54, 1.807) is 11.3 Å². The highest BCUT2D eigenvalue weighted by atomic mass is 32.1. The zero-order valence-corrected chi connectivity index (χ0v) is 12.3. The Bertz CT molecular complexity index is 700. The van der Waals surface area contributed by atoms with Crippen LogP contribution in [-0.4, -0.2) is 16.5 Å². The Morgan fingerprint density at radius 2 is 2.10 bits per heavy atom. The summed E-state index contributed by atoms with van der Waals surface area (Å²) in [7, 11) is 0. The Morgan fingerprint density at radius 3 is 3.00 bits per heavy atom. The first-order chi connectivity index (χ1) is 9.88. The maximum Gasteiger partial charge on any atom is 0.125 e. The number of rotatable bonds is 5. The van der Waals surface area contributed by atoms with Crippen LogP contribution in [0.25, 0.3) is 21.3 Å². The van der Waals surface area contributed by atoms with Gasteiger partial charge in [-0.3, -0.25) is 4.98 Å². The number of benzene rings is 1. The SMILES string of the molecule is CCCNCc1csc(-c2cncc3ccccc23)n1. The van der Waals surface area contributed by atoms with Crippen molar-refractivity contribution in [2.45, 2.75) is 19.9 Å². The molecule has 0 bridgehead atoms. The van der Waals surface area contributed by atoms with Gasteiger partial charge in [0, 0.05) is 35.3 Å². The number of fused-ring (bicyclic) bond motifs is 1. The monoisotopic (exact) mass is 283 g/mol. The van der Waals surface area contributed by atoms with Crippen LogP contribution in [0.5, 0.6) is 0 Å². The third kappa shape index (κ3) is 2.71. The first kappa shape index (κ1) is 13.2. The normalized spacial score (nSPS) is 11.1. The van der Waals surface area contributed by atoms with E-state index in [-0.39, 0.29) is 0 Å². The minimum atomic E-state index is 0.836. The largest absolute Gasteiger partial charge is 0.311 e. The van der Waals surface area contributed by atoms with Crippen molar-refractivity contribution in [3.63, 3.8) is 0 Å². The molecule has 4 heteroatoms. The highest BCUT2D eigenvalue weighted by molar-refractivity contribution is 7.13. The van der Waals surface area contributed by atoms with Crippen molar-refractivity contribution < 1.29 is 0 Å². The summed E-state index contributed by atoms with van der Waals surface area (Å²) in [5.41, 5.74) is 2.22. The van der Waals surface area contributed by atoms with E-state index in [0.29, 0.717) is 0 Å². The summed E-state index contributed by atoms with van der Waals surface area (Å²) >= 11 is 1.68. The van der Waals surface area contributed by atoms with Crippen molar-refractivity contribution in [2.24, 2.45) is 0 Å². The molecule has 3 nitrogen and oxygen atoms in total. The Morgan fingerprint density at radius 1 is 1.20 bits per heavy atom. The van der Waals surface area contributed by atoms with Gasteiger partial charge >= 0.3 is 0 Å². The van der Waals surface area contributed by atoms with Gasteiger partial charge in [0.1, 0.15) is 5.01 Å². The molecule has 20 heavy (non-hydrogen) atoms. The lowest BCUT2D eigenvalue weighted by Gasteiger charge is -2.02. The second-order valence-electron chi connectivity index (χ2n) is 4.73. The van der Waals surface area contributed by atoms with Crippen molar-refractivity contribution in [3.05, 3.63) is 47.7 Å². The van der Waals surface area contributed by atoms with Gasteiger partial charge in [-0.15, -0.1) is 11.3 Å². The summed E-state index contributed by atoms with van der Waals surface area (Å²) in [6.07, 6.45) is 4.95. The molecule has 3 rings (SSSR count). The Kier molecular flexibility index (Phi) is 4.04. The molecular weight excluding hydrogens is 266 g/mol. The fourth-order valence-corrected chi connectivity index (χ4v) is 3.04. The van der Waals surface area contributed by atoms with Crippen LogP contribution in [0.3, 0.4) is 0 Å². The first-order valence-electron chi connectivity index (χ1n) is 6.86. The average Bonchev–Trinajstić information content (AvgIpc) is 2.96. The van der Waals surface area contributed by atoms with Crippen LogP contribution in [0.15, 0.2) is 42.0 Å². The van der Waals surface area contributed by atoms with Crippen LogP contribution < -0.4 is 5.32 Å². The van der Waals surface area contributed by atoms with Gasteiger partial charge in [-0.25, -0.2) is 4.98 Å². The van der Waals surface area contributed by atoms with Gasteiger partial charge in [-0.1, -0.05) is 31.2 Å². The topological polar surface area (TPSA) is 37.8 Å². The van der Waals surface area contributed by atoms with Gasteiger partial charge in [0.25, 0.3) is 0 Å². The van der Waals surface area contributed by atoms with E-state index < -0.39 is 0 Å². The quantitative estimate of drug-likeness (QED) is 0.723. The van der Waals surface area contributed by atoms with Gasteiger partial charge in [-0.2, -0.15) is 0 Å². The van der Waals surface area contributed by atoms with Gasteiger partial charge in [-0.05, 0) is 18.4 Å². The molecule has 0 saturated carbocycles. The van der Waals surface area contributed by atoms with Gasteiger partial charge in [0.15, 0.2) is 0 Å². The molecule has 0 fully saturated rings. The number of hydrogen-bond acceptors (Lipinski definition) is 4. The molecule has 1 N–H and O–H groups in total. The van der Waals surface area contributed by atoms with Gasteiger partial charge in [0.2, 0.25) is 0 Å². The van der Waals surface area contributed by atoms with Crippen molar-refractivity contribution in [3.8, 4) is 10.6 Å². The smallest absolute Gasteiger partial charge is 0.125 e. The lowest BCUT2D eigenvalue weighted by molar-refractivity contribution is 0.667. The summed E-state index contributed by atoms with van der Waals surface area (Å²) in [5, 5.41) is 8.92. The van der Waals surface area contributed by atoms with E-state index in [1.165, 1.54) is 5.39 Å². The predicted molar refractivity (Wildman–Crippen MR) is 84.8 cm³/mol. The Hall–Kier alpha value is -1.78. The molecule has 1 aromatic carbocycles. The van der Waals surface area contributed by atoms with Crippen LogP contribution in [0, 0.1) is 0 Å². The van der Waals surface area contributed by atoms with Gasteiger partial charge < -0.3 is 5.32 Å². The van der Waals surface area contributed by atoms with E-state index >= 15 is 0 Å². The fourth-order valence-electron chi connectivity index (χ4n) is 2.19. The van der Waals surface area contributed by atoms with E-state index in [0.717, 1.165) is 41.2 Å². The summed E-state index contributed by atoms with van der Waals surface area (Å²) in [6.45, 7) is 4.03. The number of nitrogens with zero attached hydrogens (tertiary/aromatic N) is 2. The van der Waals surface area contributed by atoms with Crippen molar-refractivity contribution in [1.29, 1.82) is 0 Å². The number of pyridine rings is 1. The molecule has 0 aliphatic carbocycles. The zero-order chi connectivity index (χ0) is 13.8. The Labute approximate surface area is 122 Å². The number of aromatic nitrogens is 2. The number of hydrogen-bond donors (Lipinski definition) is 1. The third-order valence-corrected chi connectivity index (χ3v) is 4.11. The molecule has 0 unspecified atom stereocenters. The van der Waals surface area contributed by atoms with Crippen LogP contribution in [-0.2, 0) is 6.54 Å². The van der Waals surface area contributed by atoms with Crippen LogP contribution in [0.4, 0.5) is 0 Å². The van der Waals surface area contributed by atoms with Crippen LogP contribution in [0.1, 0.15) is 19.0 Å². The van der Waals surface area contributed by atoms with Gasteiger partial charge in [0.05, 0.1) is 5.69 Å². The molecule has 102 valence electrons. The molecule has 3 aromatic rings. The third-order valence-electron chi connectivity index (χ3n) is 3.18. The van der Waals surface area contributed by atoms with Crippen molar-refractivity contribution in [1.82, 2.24) is 15.3 Å². The molecular formula is C16H17N3S. The molecule has 0 aliphatic rings.